The number of carbonyl (C=O) groups excluding carboxylic acids is 1. The van der Waals surface area contributed by atoms with Crippen LogP contribution in [0.2, 0.25) is 10.0 Å². The number of anilines is 1. The van der Waals surface area contributed by atoms with Crippen LogP contribution in [0.1, 0.15) is 0 Å². The number of carbonyl (C=O) groups is 1. The third kappa shape index (κ3) is 4.19. The van der Waals surface area contributed by atoms with Gasteiger partial charge in [-0.25, -0.2) is 0 Å². The van der Waals surface area contributed by atoms with Gasteiger partial charge < -0.3 is 10.6 Å². The van der Waals surface area contributed by atoms with Gasteiger partial charge in [0.2, 0.25) is 5.91 Å². The van der Waals surface area contributed by atoms with Gasteiger partial charge in [-0.15, -0.1) is 5.10 Å². The zero-order valence-corrected chi connectivity index (χ0v) is 12.0. The Morgan fingerprint density at radius 2 is 2.05 bits per heavy atom. The summed E-state index contributed by atoms with van der Waals surface area (Å²) in [5, 5.41) is 14.0. The van der Waals surface area contributed by atoms with Crippen LogP contribution in [0, 0.1) is 0 Å². The summed E-state index contributed by atoms with van der Waals surface area (Å²) in [6.07, 6.45) is 3.36. The number of amides is 1. The summed E-state index contributed by atoms with van der Waals surface area (Å²) < 4.78 is 1.68. The van der Waals surface area contributed by atoms with Crippen LogP contribution in [0.25, 0.3) is 0 Å². The van der Waals surface area contributed by atoms with E-state index in [1.165, 1.54) is 0 Å². The predicted octanol–water partition coefficient (Wildman–Crippen LogP) is 1.81. The number of hydrogen-bond donors (Lipinski definition) is 2. The van der Waals surface area contributed by atoms with Crippen LogP contribution < -0.4 is 10.6 Å². The first-order valence-electron chi connectivity index (χ1n) is 5.95. The van der Waals surface area contributed by atoms with Crippen molar-refractivity contribution in [2.45, 2.75) is 6.54 Å². The molecule has 0 saturated carbocycles. The molecule has 1 aromatic heterocycles. The van der Waals surface area contributed by atoms with Gasteiger partial charge >= 0.3 is 0 Å². The molecule has 0 radical (unpaired) electrons. The van der Waals surface area contributed by atoms with Crippen molar-refractivity contribution in [1.82, 2.24) is 20.3 Å². The van der Waals surface area contributed by atoms with Crippen molar-refractivity contribution < 1.29 is 4.79 Å². The average Bonchev–Trinajstić information content (AvgIpc) is 2.92. The van der Waals surface area contributed by atoms with Crippen LogP contribution in [-0.2, 0) is 11.3 Å². The summed E-state index contributed by atoms with van der Waals surface area (Å²) in [5.41, 5.74) is 0.430. The van der Waals surface area contributed by atoms with Crippen molar-refractivity contribution in [3.05, 3.63) is 40.6 Å². The van der Waals surface area contributed by atoms with E-state index in [1.54, 1.807) is 35.3 Å². The number of para-hydroxylation sites is 1. The lowest BCUT2D eigenvalue weighted by atomic mass is 10.3. The second-order valence-corrected chi connectivity index (χ2v) is 4.80. The molecule has 0 aliphatic heterocycles. The summed E-state index contributed by atoms with van der Waals surface area (Å²) in [6.45, 7) is 1.41. The summed E-state index contributed by atoms with van der Waals surface area (Å²) >= 11 is 11.9. The zero-order valence-electron chi connectivity index (χ0n) is 10.5. The number of nitrogens with one attached hydrogen (secondary N) is 2. The molecule has 8 heteroatoms. The number of nitrogens with zero attached hydrogens (tertiary/aromatic N) is 3. The minimum Gasteiger partial charge on any atom is -0.322 e. The summed E-state index contributed by atoms with van der Waals surface area (Å²) in [7, 11) is 0. The maximum atomic E-state index is 11.8. The predicted molar refractivity (Wildman–Crippen MR) is 78.0 cm³/mol. The van der Waals surface area contributed by atoms with E-state index in [9.17, 15) is 4.79 Å². The third-order valence-corrected chi connectivity index (χ3v) is 3.13. The summed E-state index contributed by atoms with van der Waals surface area (Å²) in [5.74, 6) is -0.210. The average molecular weight is 314 g/mol. The first-order valence-corrected chi connectivity index (χ1v) is 6.71. The Morgan fingerprint density at radius 3 is 2.70 bits per heavy atom. The number of halogens is 2. The maximum absolute atomic E-state index is 11.8. The van der Waals surface area contributed by atoms with E-state index in [0.29, 0.717) is 28.8 Å². The van der Waals surface area contributed by atoms with Crippen LogP contribution in [0.5, 0.6) is 0 Å². The van der Waals surface area contributed by atoms with Crippen molar-refractivity contribution in [2.75, 3.05) is 18.4 Å². The van der Waals surface area contributed by atoms with E-state index in [0.717, 1.165) is 0 Å². The molecular weight excluding hydrogens is 301 g/mol. The first-order chi connectivity index (χ1) is 9.66. The van der Waals surface area contributed by atoms with Crippen molar-refractivity contribution in [3.8, 4) is 0 Å². The van der Waals surface area contributed by atoms with E-state index >= 15 is 0 Å². The lowest BCUT2D eigenvalue weighted by Gasteiger charge is -2.09. The van der Waals surface area contributed by atoms with Crippen LogP contribution in [0.3, 0.4) is 0 Å². The molecule has 0 saturated heterocycles. The number of benzene rings is 1. The molecule has 0 atom stereocenters. The lowest BCUT2D eigenvalue weighted by Crippen LogP contribution is -2.30. The molecule has 2 N–H and O–H groups in total. The van der Waals surface area contributed by atoms with E-state index in [1.807, 2.05) is 0 Å². The van der Waals surface area contributed by atoms with Gasteiger partial charge in [0, 0.05) is 12.7 Å². The van der Waals surface area contributed by atoms with Crippen LogP contribution in [0.15, 0.2) is 30.6 Å². The highest BCUT2D eigenvalue weighted by Crippen LogP contribution is 2.29. The van der Waals surface area contributed by atoms with Crippen molar-refractivity contribution in [1.29, 1.82) is 0 Å². The summed E-state index contributed by atoms with van der Waals surface area (Å²) in [4.78, 5) is 11.8. The Balaban J connectivity index is 1.75. The summed E-state index contributed by atoms with van der Waals surface area (Å²) in [6, 6.07) is 5.05. The Kier molecular flexibility index (Phi) is 5.34. The van der Waals surface area contributed by atoms with Crippen LogP contribution >= 0.6 is 23.2 Å². The first kappa shape index (κ1) is 14.8. The molecule has 0 unspecified atom stereocenters. The molecule has 0 fully saturated rings. The minimum atomic E-state index is -0.210. The Hall–Kier alpha value is -1.63. The third-order valence-electron chi connectivity index (χ3n) is 2.50. The zero-order chi connectivity index (χ0) is 14.4. The molecular formula is C12H13Cl2N5O. The normalized spacial score (nSPS) is 10.5. The smallest absolute Gasteiger partial charge is 0.238 e. The molecule has 1 amide bonds. The highest BCUT2D eigenvalue weighted by Gasteiger charge is 2.08. The fourth-order valence-corrected chi connectivity index (χ4v) is 2.04. The standard InChI is InChI=1S/C12H13Cl2N5O/c13-9-2-1-3-10(14)12(9)17-11(20)8-15-4-6-19-7-5-16-18-19/h1-3,5,7,15H,4,6,8H2,(H,17,20). The van der Waals surface area contributed by atoms with Crippen LogP contribution in [0.4, 0.5) is 5.69 Å². The Bertz CT molecular complexity index is 553. The van der Waals surface area contributed by atoms with Crippen molar-refractivity contribution in [2.24, 2.45) is 0 Å². The molecule has 106 valence electrons. The van der Waals surface area contributed by atoms with Crippen molar-refractivity contribution in [3.63, 3.8) is 0 Å². The van der Waals surface area contributed by atoms with Gasteiger partial charge in [-0.3, -0.25) is 9.48 Å². The van der Waals surface area contributed by atoms with Gasteiger partial charge in [-0.2, -0.15) is 0 Å². The lowest BCUT2D eigenvalue weighted by molar-refractivity contribution is -0.115. The molecule has 0 bridgehead atoms. The van der Waals surface area contributed by atoms with Gasteiger partial charge in [-0.05, 0) is 12.1 Å². The van der Waals surface area contributed by atoms with Crippen molar-refractivity contribution >= 4 is 34.8 Å². The number of hydrogen-bond acceptors (Lipinski definition) is 4. The minimum absolute atomic E-state index is 0.163. The fourth-order valence-electron chi connectivity index (χ4n) is 1.55. The monoisotopic (exact) mass is 313 g/mol. The van der Waals surface area contributed by atoms with Crippen LogP contribution in [-0.4, -0.2) is 34.0 Å². The quantitative estimate of drug-likeness (QED) is 0.798. The van der Waals surface area contributed by atoms with Gasteiger partial charge in [0.1, 0.15) is 0 Å². The van der Waals surface area contributed by atoms with E-state index < -0.39 is 0 Å². The molecule has 0 aliphatic rings. The fraction of sp³-hybridized carbons (Fsp3) is 0.250. The number of rotatable bonds is 6. The maximum Gasteiger partial charge on any atom is 0.238 e. The number of aromatic nitrogens is 3. The molecule has 0 spiro atoms. The molecule has 1 heterocycles. The molecule has 2 aromatic rings. The molecule has 0 aliphatic carbocycles. The molecule has 6 nitrogen and oxygen atoms in total. The van der Waals surface area contributed by atoms with E-state index in [2.05, 4.69) is 20.9 Å². The highest BCUT2D eigenvalue weighted by molar-refractivity contribution is 6.39. The Morgan fingerprint density at radius 1 is 1.30 bits per heavy atom. The molecule has 2 rings (SSSR count). The van der Waals surface area contributed by atoms with Gasteiger partial charge in [-0.1, -0.05) is 34.5 Å². The highest BCUT2D eigenvalue weighted by atomic mass is 35.5. The van der Waals surface area contributed by atoms with Gasteiger partial charge in [0.15, 0.2) is 0 Å². The SMILES string of the molecule is O=C(CNCCn1ccnn1)Nc1c(Cl)cccc1Cl. The van der Waals surface area contributed by atoms with Gasteiger partial charge in [0.25, 0.3) is 0 Å². The van der Waals surface area contributed by atoms with E-state index in [4.69, 9.17) is 23.2 Å². The second kappa shape index (κ2) is 7.23. The topological polar surface area (TPSA) is 71.8 Å². The molecule has 20 heavy (non-hydrogen) atoms. The largest absolute Gasteiger partial charge is 0.322 e. The Labute approximate surface area is 126 Å². The second-order valence-electron chi connectivity index (χ2n) is 3.99. The van der Waals surface area contributed by atoms with E-state index in [-0.39, 0.29) is 12.5 Å². The van der Waals surface area contributed by atoms with Gasteiger partial charge in [0.05, 0.1) is 35.0 Å². The molecule has 1 aromatic carbocycles.